The summed E-state index contributed by atoms with van der Waals surface area (Å²) in [5, 5.41) is 0. The zero-order valence-corrected chi connectivity index (χ0v) is 16.7. The number of Topliss-reactive ketones (excluding diaryl/α,β-unsaturated/α-hetero) is 1. The number of ketones is 1. The van der Waals surface area contributed by atoms with Crippen molar-refractivity contribution < 1.29 is 31.9 Å². The third-order valence-corrected chi connectivity index (χ3v) is 5.91. The summed E-state index contributed by atoms with van der Waals surface area (Å²) in [5.41, 5.74) is 0.152. The molecule has 1 fully saturated rings. The fourth-order valence-corrected chi connectivity index (χ4v) is 4.13. The van der Waals surface area contributed by atoms with Crippen LogP contribution in [0.5, 0.6) is 5.75 Å². The summed E-state index contributed by atoms with van der Waals surface area (Å²) < 4.78 is 50.9. The summed E-state index contributed by atoms with van der Waals surface area (Å²) in [7, 11) is -2.55. The molecule has 29 heavy (non-hydrogen) atoms. The number of rotatable bonds is 8. The van der Waals surface area contributed by atoms with Crippen molar-refractivity contribution in [3.05, 3.63) is 59.4 Å². The molecule has 1 unspecified atom stereocenters. The number of nitrogens with one attached hydrogen (secondary N) is 1. The normalized spacial score (nSPS) is 14.9. The third-order valence-electron chi connectivity index (χ3n) is 4.37. The third kappa shape index (κ3) is 4.99. The molecule has 1 N–H and O–H groups in total. The number of carbonyl (C=O) groups is 2. The van der Waals surface area contributed by atoms with Crippen molar-refractivity contribution in [3.63, 3.8) is 0 Å². The maximum absolute atomic E-state index is 13.0. The highest BCUT2D eigenvalue weighted by Gasteiger charge is 2.31. The molecule has 0 radical (unpaired) electrons. The van der Waals surface area contributed by atoms with Crippen molar-refractivity contribution in [2.24, 2.45) is 0 Å². The second kappa shape index (κ2) is 8.30. The van der Waals surface area contributed by atoms with Crippen LogP contribution in [-0.4, -0.2) is 39.4 Å². The predicted molar refractivity (Wildman–Crippen MR) is 102 cm³/mol. The van der Waals surface area contributed by atoms with E-state index < -0.39 is 33.7 Å². The van der Waals surface area contributed by atoms with Gasteiger partial charge in [0.25, 0.3) is 0 Å². The van der Waals surface area contributed by atoms with Crippen molar-refractivity contribution in [1.29, 1.82) is 0 Å². The zero-order valence-electron chi connectivity index (χ0n) is 15.8. The molecule has 2 aromatic rings. The summed E-state index contributed by atoms with van der Waals surface area (Å²) in [5.74, 6) is -1.77. The van der Waals surface area contributed by atoms with Crippen LogP contribution in [0.2, 0.25) is 0 Å². The second-order valence-corrected chi connectivity index (χ2v) is 8.36. The molecule has 2 aromatic carbocycles. The van der Waals surface area contributed by atoms with Crippen molar-refractivity contribution in [1.82, 2.24) is 4.72 Å². The van der Waals surface area contributed by atoms with Crippen molar-refractivity contribution in [2.45, 2.75) is 36.8 Å². The fourth-order valence-electron chi connectivity index (χ4n) is 2.63. The lowest BCUT2D eigenvalue weighted by Gasteiger charge is -2.14. The van der Waals surface area contributed by atoms with Gasteiger partial charge in [0.15, 0.2) is 6.10 Å². The molecule has 1 aliphatic carbocycles. The Hall–Kier alpha value is -2.78. The van der Waals surface area contributed by atoms with E-state index in [1.165, 1.54) is 38.3 Å². The minimum Gasteiger partial charge on any atom is -0.495 e. The first-order valence-corrected chi connectivity index (χ1v) is 10.4. The van der Waals surface area contributed by atoms with Crippen LogP contribution < -0.4 is 9.46 Å². The Balaban J connectivity index is 1.78. The average Bonchev–Trinajstić information content (AvgIpc) is 3.50. The van der Waals surface area contributed by atoms with Gasteiger partial charge in [-0.3, -0.25) is 4.79 Å². The van der Waals surface area contributed by atoms with E-state index in [0.717, 1.165) is 31.0 Å². The number of carbonyl (C=O) groups excluding carboxylic acids is 2. The van der Waals surface area contributed by atoms with Crippen molar-refractivity contribution in [3.8, 4) is 5.75 Å². The highest BCUT2D eigenvalue weighted by atomic mass is 32.2. The van der Waals surface area contributed by atoms with Crippen LogP contribution in [0, 0.1) is 5.82 Å². The molecular formula is C20H20FNO6S. The molecule has 1 atom stereocenters. The fraction of sp³-hybridized carbons (Fsp3) is 0.300. The number of hydrogen-bond acceptors (Lipinski definition) is 6. The minimum absolute atomic E-state index is 0.0410. The van der Waals surface area contributed by atoms with Crippen LogP contribution in [-0.2, 0) is 14.8 Å². The van der Waals surface area contributed by atoms with Gasteiger partial charge in [0, 0.05) is 11.6 Å². The van der Waals surface area contributed by atoms with Gasteiger partial charge in [-0.25, -0.2) is 22.3 Å². The molecular weight excluding hydrogens is 401 g/mol. The highest BCUT2D eigenvalue weighted by molar-refractivity contribution is 7.89. The summed E-state index contributed by atoms with van der Waals surface area (Å²) in [4.78, 5) is 24.6. The smallest absolute Gasteiger partial charge is 0.338 e. The van der Waals surface area contributed by atoms with Gasteiger partial charge in [-0.05, 0) is 62.2 Å². The maximum Gasteiger partial charge on any atom is 0.338 e. The molecule has 9 heteroatoms. The Kier molecular flexibility index (Phi) is 5.99. The number of esters is 1. The van der Waals surface area contributed by atoms with Gasteiger partial charge in [0.1, 0.15) is 16.5 Å². The van der Waals surface area contributed by atoms with Crippen LogP contribution in [0.25, 0.3) is 0 Å². The Morgan fingerprint density at radius 3 is 2.31 bits per heavy atom. The first-order valence-electron chi connectivity index (χ1n) is 8.92. The average molecular weight is 421 g/mol. The molecule has 1 saturated carbocycles. The molecule has 0 aromatic heterocycles. The van der Waals surface area contributed by atoms with E-state index in [4.69, 9.17) is 9.47 Å². The SMILES string of the molecule is COc1ccc(C(=O)OC(C)C(=O)c2ccc(F)cc2)cc1S(=O)(=O)NC1CC1. The largest absolute Gasteiger partial charge is 0.495 e. The predicted octanol–water partition coefficient (Wildman–Crippen LogP) is 2.70. The van der Waals surface area contributed by atoms with E-state index in [0.29, 0.717) is 0 Å². The van der Waals surface area contributed by atoms with E-state index >= 15 is 0 Å². The molecule has 0 bridgehead atoms. The lowest BCUT2D eigenvalue weighted by molar-refractivity contribution is 0.0318. The van der Waals surface area contributed by atoms with Gasteiger partial charge in [-0.15, -0.1) is 0 Å². The monoisotopic (exact) mass is 421 g/mol. The zero-order chi connectivity index (χ0) is 21.2. The molecule has 0 amide bonds. The number of benzene rings is 2. The molecule has 0 heterocycles. The van der Waals surface area contributed by atoms with E-state index in [1.54, 1.807) is 0 Å². The number of hydrogen-bond donors (Lipinski definition) is 1. The lowest BCUT2D eigenvalue weighted by atomic mass is 10.1. The van der Waals surface area contributed by atoms with Gasteiger partial charge in [-0.2, -0.15) is 0 Å². The van der Waals surface area contributed by atoms with E-state index in [-0.39, 0.29) is 27.8 Å². The Morgan fingerprint density at radius 1 is 1.10 bits per heavy atom. The van der Waals surface area contributed by atoms with Gasteiger partial charge in [0.2, 0.25) is 15.8 Å². The summed E-state index contributed by atoms with van der Waals surface area (Å²) in [6.07, 6.45) is 0.373. The van der Waals surface area contributed by atoms with Crippen LogP contribution in [0.4, 0.5) is 4.39 Å². The van der Waals surface area contributed by atoms with Gasteiger partial charge >= 0.3 is 5.97 Å². The van der Waals surface area contributed by atoms with Gasteiger partial charge < -0.3 is 9.47 Å². The first-order chi connectivity index (χ1) is 13.7. The Labute approximate surface area is 167 Å². The molecule has 1 aliphatic rings. The van der Waals surface area contributed by atoms with Gasteiger partial charge in [-0.1, -0.05) is 0 Å². The maximum atomic E-state index is 13.0. The summed E-state index contributed by atoms with van der Waals surface area (Å²) in [6.45, 7) is 1.39. The van der Waals surface area contributed by atoms with E-state index in [9.17, 15) is 22.4 Å². The van der Waals surface area contributed by atoms with Crippen LogP contribution in [0.1, 0.15) is 40.5 Å². The van der Waals surface area contributed by atoms with E-state index in [1.807, 2.05) is 0 Å². The Morgan fingerprint density at radius 2 is 1.72 bits per heavy atom. The van der Waals surface area contributed by atoms with Crippen molar-refractivity contribution in [2.75, 3.05) is 7.11 Å². The molecule has 3 rings (SSSR count). The van der Waals surface area contributed by atoms with Crippen molar-refractivity contribution >= 4 is 21.8 Å². The summed E-state index contributed by atoms with van der Waals surface area (Å²) in [6, 6.07) is 8.60. The quantitative estimate of drug-likeness (QED) is 0.520. The van der Waals surface area contributed by atoms with Crippen LogP contribution >= 0.6 is 0 Å². The standard InChI is InChI=1S/C20H20FNO6S/c1-12(19(23)13-3-6-15(21)7-4-13)28-20(24)14-5-10-17(27-2)18(11-14)29(25,26)22-16-8-9-16/h3-7,10-12,16,22H,8-9H2,1-2H3. The van der Waals surface area contributed by atoms with Gasteiger partial charge in [0.05, 0.1) is 12.7 Å². The minimum atomic E-state index is -3.87. The second-order valence-electron chi connectivity index (χ2n) is 6.68. The number of halogens is 1. The highest BCUT2D eigenvalue weighted by Crippen LogP contribution is 2.28. The number of sulfonamides is 1. The first kappa shape index (κ1) is 20.9. The number of methoxy groups -OCH3 is 1. The lowest BCUT2D eigenvalue weighted by Crippen LogP contribution is -2.27. The molecule has 154 valence electrons. The van der Waals surface area contributed by atoms with Crippen LogP contribution in [0.3, 0.4) is 0 Å². The number of ether oxygens (including phenoxy) is 2. The summed E-state index contributed by atoms with van der Waals surface area (Å²) >= 11 is 0. The topological polar surface area (TPSA) is 98.8 Å². The Bertz CT molecular complexity index is 1030. The molecule has 0 aliphatic heterocycles. The molecule has 7 nitrogen and oxygen atoms in total. The molecule has 0 saturated heterocycles. The van der Waals surface area contributed by atoms with Crippen LogP contribution in [0.15, 0.2) is 47.4 Å². The molecule has 0 spiro atoms. The van der Waals surface area contributed by atoms with E-state index in [2.05, 4.69) is 4.72 Å².